The van der Waals surface area contributed by atoms with E-state index >= 15 is 0 Å². The Hall–Kier alpha value is -2.62. The Morgan fingerprint density at radius 1 is 1.13 bits per heavy atom. The maximum atomic E-state index is 12.8. The van der Waals surface area contributed by atoms with E-state index < -0.39 is 6.04 Å². The number of hydrogen-bond donors (Lipinski definition) is 1. The molecule has 0 radical (unpaired) electrons. The summed E-state index contributed by atoms with van der Waals surface area (Å²) in [7, 11) is 0. The average molecular weight is 308 g/mol. The number of nitrogens with zero attached hydrogens (tertiary/aromatic N) is 1. The van der Waals surface area contributed by atoms with Gasteiger partial charge < -0.3 is 10.2 Å². The van der Waals surface area contributed by atoms with Gasteiger partial charge in [-0.1, -0.05) is 48.0 Å². The van der Waals surface area contributed by atoms with Gasteiger partial charge in [0.2, 0.25) is 5.91 Å². The molecule has 118 valence electrons. The molecule has 1 unspecified atom stereocenters. The van der Waals surface area contributed by atoms with Crippen LogP contribution in [0.15, 0.2) is 42.5 Å². The Bertz CT molecular complexity index is 765. The van der Waals surface area contributed by atoms with Crippen LogP contribution in [0.5, 0.6) is 0 Å². The van der Waals surface area contributed by atoms with Crippen LogP contribution in [0.25, 0.3) is 0 Å². The minimum absolute atomic E-state index is 0.0786. The van der Waals surface area contributed by atoms with Gasteiger partial charge in [0.05, 0.1) is 12.2 Å². The van der Waals surface area contributed by atoms with Gasteiger partial charge in [-0.2, -0.15) is 0 Å². The van der Waals surface area contributed by atoms with Crippen molar-refractivity contribution < 1.29 is 9.59 Å². The number of carbonyl (C=O) groups is 2. The van der Waals surface area contributed by atoms with Crippen LogP contribution in [0.3, 0.4) is 0 Å². The molecule has 0 aliphatic carbocycles. The number of aryl methyl sites for hydroxylation is 2. The van der Waals surface area contributed by atoms with E-state index in [4.69, 9.17) is 0 Å². The van der Waals surface area contributed by atoms with Gasteiger partial charge in [0, 0.05) is 12.5 Å². The van der Waals surface area contributed by atoms with Crippen LogP contribution in [-0.2, 0) is 16.1 Å². The van der Waals surface area contributed by atoms with Gasteiger partial charge in [-0.05, 0) is 25.0 Å². The van der Waals surface area contributed by atoms with E-state index in [0.717, 1.165) is 22.4 Å². The van der Waals surface area contributed by atoms with Gasteiger partial charge in [-0.25, -0.2) is 0 Å². The second kappa shape index (κ2) is 5.88. The Kier molecular flexibility index (Phi) is 3.90. The van der Waals surface area contributed by atoms with Crippen molar-refractivity contribution in [3.63, 3.8) is 0 Å². The fraction of sp³-hybridized carbons (Fsp3) is 0.263. The standard InChI is InChI=1S/C19H20N2O2/c1-12-7-9-15(10-8-12)11-21-18-13(2)5-4-6-16(18)17(19(21)23)20-14(3)22/h4-10,17H,11H2,1-3H3,(H,20,22). The summed E-state index contributed by atoms with van der Waals surface area (Å²) in [5.41, 5.74) is 5.08. The second-order valence-electron chi connectivity index (χ2n) is 6.06. The minimum Gasteiger partial charge on any atom is -0.341 e. The van der Waals surface area contributed by atoms with Crippen LogP contribution in [0, 0.1) is 13.8 Å². The molecule has 0 fully saturated rings. The highest BCUT2D eigenvalue weighted by Gasteiger charge is 2.38. The van der Waals surface area contributed by atoms with Gasteiger partial charge in [-0.15, -0.1) is 0 Å². The van der Waals surface area contributed by atoms with Crippen molar-refractivity contribution in [1.29, 1.82) is 0 Å². The molecule has 0 aromatic heterocycles. The molecule has 0 saturated heterocycles. The van der Waals surface area contributed by atoms with E-state index in [-0.39, 0.29) is 11.8 Å². The summed E-state index contributed by atoms with van der Waals surface area (Å²) in [6.07, 6.45) is 0. The molecule has 2 aromatic rings. The third-order valence-corrected chi connectivity index (χ3v) is 4.17. The molecule has 0 bridgehead atoms. The van der Waals surface area contributed by atoms with E-state index in [1.54, 1.807) is 4.90 Å². The number of nitrogens with one attached hydrogen (secondary N) is 1. The highest BCUT2D eigenvalue weighted by Crippen LogP contribution is 2.39. The van der Waals surface area contributed by atoms with Crippen LogP contribution >= 0.6 is 0 Å². The Balaban J connectivity index is 1.99. The molecule has 4 heteroatoms. The highest BCUT2D eigenvalue weighted by molar-refractivity contribution is 6.06. The minimum atomic E-state index is -0.590. The van der Waals surface area contributed by atoms with Crippen molar-refractivity contribution in [3.05, 3.63) is 64.7 Å². The van der Waals surface area contributed by atoms with Crippen molar-refractivity contribution in [1.82, 2.24) is 5.32 Å². The monoisotopic (exact) mass is 308 g/mol. The Labute approximate surface area is 136 Å². The lowest BCUT2D eigenvalue weighted by molar-refractivity contribution is -0.126. The zero-order valence-electron chi connectivity index (χ0n) is 13.6. The van der Waals surface area contributed by atoms with Gasteiger partial charge in [0.1, 0.15) is 6.04 Å². The number of hydrogen-bond acceptors (Lipinski definition) is 2. The SMILES string of the molecule is CC(=O)NC1C(=O)N(Cc2ccc(C)cc2)c2c(C)cccc21. The van der Waals surface area contributed by atoms with Gasteiger partial charge in [0.25, 0.3) is 5.91 Å². The normalized spacial score (nSPS) is 16.4. The van der Waals surface area contributed by atoms with Gasteiger partial charge in [-0.3, -0.25) is 9.59 Å². The van der Waals surface area contributed by atoms with Crippen molar-refractivity contribution in [3.8, 4) is 0 Å². The molecular weight excluding hydrogens is 288 g/mol. The van der Waals surface area contributed by atoms with Crippen molar-refractivity contribution in [2.45, 2.75) is 33.4 Å². The van der Waals surface area contributed by atoms with Crippen LogP contribution in [0.1, 0.15) is 35.2 Å². The lowest BCUT2D eigenvalue weighted by Gasteiger charge is -2.20. The third-order valence-electron chi connectivity index (χ3n) is 4.17. The van der Waals surface area contributed by atoms with E-state index in [9.17, 15) is 9.59 Å². The van der Waals surface area contributed by atoms with Gasteiger partial charge in [0.15, 0.2) is 0 Å². The van der Waals surface area contributed by atoms with Crippen LogP contribution in [0.4, 0.5) is 5.69 Å². The number of carbonyl (C=O) groups excluding carboxylic acids is 2. The number of rotatable bonds is 3. The largest absolute Gasteiger partial charge is 0.341 e. The first kappa shape index (κ1) is 15.3. The fourth-order valence-corrected chi connectivity index (χ4v) is 3.06. The lowest BCUT2D eigenvalue weighted by atomic mass is 10.0. The zero-order chi connectivity index (χ0) is 16.6. The summed E-state index contributed by atoms with van der Waals surface area (Å²) in [4.78, 5) is 26.1. The summed E-state index contributed by atoms with van der Waals surface area (Å²) in [6.45, 7) is 5.97. The molecule has 1 atom stereocenters. The molecule has 1 heterocycles. The fourth-order valence-electron chi connectivity index (χ4n) is 3.06. The molecule has 1 aliphatic rings. The van der Waals surface area contributed by atoms with Gasteiger partial charge >= 0.3 is 0 Å². The zero-order valence-corrected chi connectivity index (χ0v) is 13.6. The quantitative estimate of drug-likeness (QED) is 0.947. The number of fused-ring (bicyclic) bond motifs is 1. The molecule has 4 nitrogen and oxygen atoms in total. The van der Waals surface area contributed by atoms with Crippen molar-refractivity contribution in [2.75, 3.05) is 4.90 Å². The number of benzene rings is 2. The van der Waals surface area contributed by atoms with Crippen LogP contribution < -0.4 is 10.2 Å². The molecule has 0 spiro atoms. The second-order valence-corrected chi connectivity index (χ2v) is 6.06. The van der Waals surface area contributed by atoms with Crippen molar-refractivity contribution in [2.24, 2.45) is 0 Å². The number of para-hydroxylation sites is 1. The Morgan fingerprint density at radius 3 is 2.48 bits per heavy atom. The van der Waals surface area contributed by atoms with E-state index in [1.165, 1.54) is 12.5 Å². The molecule has 1 aliphatic heterocycles. The lowest BCUT2D eigenvalue weighted by Crippen LogP contribution is -2.36. The molecule has 23 heavy (non-hydrogen) atoms. The Morgan fingerprint density at radius 2 is 1.83 bits per heavy atom. The summed E-state index contributed by atoms with van der Waals surface area (Å²) >= 11 is 0. The van der Waals surface area contributed by atoms with Crippen LogP contribution in [0.2, 0.25) is 0 Å². The maximum absolute atomic E-state index is 12.8. The number of amides is 2. The topological polar surface area (TPSA) is 49.4 Å². The molecular formula is C19H20N2O2. The third kappa shape index (κ3) is 2.84. The molecule has 1 N–H and O–H groups in total. The molecule has 2 aromatic carbocycles. The van der Waals surface area contributed by atoms with E-state index in [1.807, 2.05) is 56.3 Å². The van der Waals surface area contributed by atoms with Crippen molar-refractivity contribution >= 4 is 17.5 Å². The first-order chi connectivity index (χ1) is 11.0. The molecule has 0 saturated carbocycles. The van der Waals surface area contributed by atoms with Crippen LogP contribution in [-0.4, -0.2) is 11.8 Å². The predicted octanol–water partition coefficient (Wildman–Crippen LogP) is 3.03. The van der Waals surface area contributed by atoms with E-state index in [2.05, 4.69) is 5.32 Å². The first-order valence-electron chi connectivity index (χ1n) is 7.71. The molecule has 3 rings (SSSR count). The molecule has 2 amide bonds. The smallest absolute Gasteiger partial charge is 0.254 e. The maximum Gasteiger partial charge on any atom is 0.254 e. The summed E-state index contributed by atoms with van der Waals surface area (Å²) in [6, 6.07) is 13.4. The summed E-state index contributed by atoms with van der Waals surface area (Å²) < 4.78 is 0. The predicted molar refractivity (Wildman–Crippen MR) is 90.1 cm³/mol. The number of anilines is 1. The summed E-state index contributed by atoms with van der Waals surface area (Å²) in [5.74, 6) is -0.280. The average Bonchev–Trinajstić information content (AvgIpc) is 2.76. The van der Waals surface area contributed by atoms with E-state index in [0.29, 0.717) is 6.54 Å². The highest BCUT2D eigenvalue weighted by atomic mass is 16.2. The first-order valence-corrected chi connectivity index (χ1v) is 7.71. The summed E-state index contributed by atoms with van der Waals surface area (Å²) in [5, 5.41) is 2.77.